The Kier molecular flexibility index (Phi) is 3.13. The quantitative estimate of drug-likeness (QED) is 0.524. The third-order valence-electron chi connectivity index (χ3n) is 3.52. The van der Waals surface area contributed by atoms with Crippen LogP contribution in [0.15, 0.2) is 12.2 Å². The van der Waals surface area contributed by atoms with Crippen LogP contribution in [0.1, 0.15) is 33.1 Å². The summed E-state index contributed by atoms with van der Waals surface area (Å²) in [7, 11) is 0. The molecule has 1 saturated carbocycles. The van der Waals surface area contributed by atoms with E-state index in [2.05, 4.69) is 26.0 Å². The molecular formula is C13H20O2. The molecule has 0 aromatic heterocycles. The molecule has 0 aliphatic heterocycles. The Morgan fingerprint density at radius 2 is 2.20 bits per heavy atom. The van der Waals surface area contributed by atoms with E-state index < -0.39 is 0 Å². The lowest BCUT2D eigenvalue weighted by Crippen LogP contribution is -2.22. The Hall–Kier alpha value is -0.790. The Bertz CT molecular complexity index is 268. The van der Waals surface area contributed by atoms with E-state index in [0.29, 0.717) is 24.4 Å². The molecule has 2 bridgehead atoms. The molecule has 1 fully saturated rings. The van der Waals surface area contributed by atoms with Gasteiger partial charge in [-0.05, 0) is 37.0 Å². The van der Waals surface area contributed by atoms with Gasteiger partial charge in [0, 0.05) is 0 Å². The van der Waals surface area contributed by atoms with Gasteiger partial charge in [-0.25, -0.2) is 0 Å². The van der Waals surface area contributed by atoms with E-state index in [1.54, 1.807) is 0 Å². The van der Waals surface area contributed by atoms with E-state index in [1.165, 1.54) is 6.42 Å². The predicted octanol–water partition coefficient (Wildman–Crippen LogP) is 2.79. The molecule has 0 spiro atoms. The monoisotopic (exact) mass is 208 g/mol. The van der Waals surface area contributed by atoms with Gasteiger partial charge in [0.1, 0.15) is 0 Å². The van der Waals surface area contributed by atoms with Crippen molar-refractivity contribution in [1.82, 2.24) is 0 Å². The second-order valence-electron chi connectivity index (χ2n) is 5.24. The highest BCUT2D eigenvalue weighted by molar-refractivity contribution is 5.74. The van der Waals surface area contributed by atoms with Gasteiger partial charge < -0.3 is 4.74 Å². The number of carbonyl (C=O) groups excluding carboxylic acids is 1. The number of fused-ring (bicyclic) bond motifs is 2. The third-order valence-corrected chi connectivity index (χ3v) is 3.52. The van der Waals surface area contributed by atoms with Crippen LogP contribution in [0.3, 0.4) is 0 Å². The van der Waals surface area contributed by atoms with Crippen molar-refractivity contribution < 1.29 is 9.53 Å². The van der Waals surface area contributed by atoms with Gasteiger partial charge in [-0.1, -0.05) is 26.0 Å². The maximum atomic E-state index is 11.8. The van der Waals surface area contributed by atoms with Gasteiger partial charge in [0.15, 0.2) is 0 Å². The Balaban J connectivity index is 1.75. The fourth-order valence-corrected chi connectivity index (χ4v) is 2.55. The number of carbonyl (C=O) groups is 1. The van der Waals surface area contributed by atoms with Crippen LogP contribution < -0.4 is 0 Å². The van der Waals surface area contributed by atoms with E-state index >= 15 is 0 Å². The number of esters is 1. The van der Waals surface area contributed by atoms with E-state index in [0.717, 1.165) is 12.8 Å². The van der Waals surface area contributed by atoms with Crippen LogP contribution in [0.4, 0.5) is 0 Å². The second-order valence-corrected chi connectivity index (χ2v) is 5.24. The van der Waals surface area contributed by atoms with Gasteiger partial charge in [0.05, 0.1) is 12.5 Å². The number of allylic oxidation sites excluding steroid dienone is 2. The van der Waals surface area contributed by atoms with Crippen molar-refractivity contribution in [3.8, 4) is 0 Å². The maximum Gasteiger partial charge on any atom is 0.309 e. The minimum Gasteiger partial charge on any atom is -0.465 e. The van der Waals surface area contributed by atoms with Crippen molar-refractivity contribution in [2.75, 3.05) is 6.61 Å². The topological polar surface area (TPSA) is 26.3 Å². The lowest BCUT2D eigenvalue weighted by Gasteiger charge is -2.16. The van der Waals surface area contributed by atoms with Crippen molar-refractivity contribution >= 4 is 5.97 Å². The summed E-state index contributed by atoms with van der Waals surface area (Å²) in [5.41, 5.74) is 0. The highest BCUT2D eigenvalue weighted by Crippen LogP contribution is 2.43. The molecule has 2 heteroatoms. The first-order chi connectivity index (χ1) is 7.16. The zero-order chi connectivity index (χ0) is 10.8. The molecule has 0 aromatic rings. The second kappa shape index (κ2) is 4.38. The summed E-state index contributed by atoms with van der Waals surface area (Å²) < 4.78 is 5.32. The zero-order valence-electron chi connectivity index (χ0n) is 9.61. The van der Waals surface area contributed by atoms with Crippen molar-refractivity contribution in [3.63, 3.8) is 0 Å². The summed E-state index contributed by atoms with van der Waals surface area (Å²) >= 11 is 0. The first-order valence-electron chi connectivity index (χ1n) is 6.01. The predicted molar refractivity (Wildman–Crippen MR) is 59.3 cm³/mol. The summed E-state index contributed by atoms with van der Waals surface area (Å²) in [5.74, 6) is 1.93. The Labute approximate surface area is 91.7 Å². The molecule has 2 aliphatic rings. The molecule has 0 saturated heterocycles. The van der Waals surface area contributed by atoms with Gasteiger partial charge in [-0.3, -0.25) is 4.79 Å². The normalized spacial score (nSPS) is 32.6. The first-order valence-corrected chi connectivity index (χ1v) is 6.01. The summed E-state index contributed by atoms with van der Waals surface area (Å²) in [6.45, 7) is 4.89. The van der Waals surface area contributed by atoms with Crippen LogP contribution in [0.2, 0.25) is 0 Å². The summed E-state index contributed by atoms with van der Waals surface area (Å²) in [6, 6.07) is 0. The average molecular weight is 208 g/mol. The Morgan fingerprint density at radius 1 is 1.40 bits per heavy atom. The van der Waals surface area contributed by atoms with Crippen LogP contribution in [-0.2, 0) is 9.53 Å². The maximum absolute atomic E-state index is 11.8. The number of hydrogen-bond acceptors (Lipinski definition) is 2. The van der Waals surface area contributed by atoms with Crippen LogP contribution >= 0.6 is 0 Å². The molecule has 0 heterocycles. The van der Waals surface area contributed by atoms with Gasteiger partial charge >= 0.3 is 5.97 Å². The van der Waals surface area contributed by atoms with Crippen molar-refractivity contribution in [3.05, 3.63) is 12.2 Å². The molecule has 0 unspecified atom stereocenters. The van der Waals surface area contributed by atoms with Crippen LogP contribution in [0, 0.1) is 23.7 Å². The Morgan fingerprint density at radius 3 is 2.73 bits per heavy atom. The molecule has 84 valence electrons. The molecular weight excluding hydrogens is 188 g/mol. The lowest BCUT2D eigenvalue weighted by atomic mass is 9.94. The fraction of sp³-hybridized carbons (Fsp3) is 0.769. The average Bonchev–Trinajstić information content (AvgIpc) is 2.77. The largest absolute Gasteiger partial charge is 0.465 e. The molecule has 3 atom stereocenters. The van der Waals surface area contributed by atoms with E-state index in [4.69, 9.17) is 4.74 Å². The highest BCUT2D eigenvalue weighted by atomic mass is 16.5. The molecule has 2 nitrogen and oxygen atoms in total. The number of ether oxygens (including phenoxy) is 1. The minimum atomic E-state index is 0.0347. The van der Waals surface area contributed by atoms with Crippen LogP contribution in [-0.4, -0.2) is 12.6 Å². The molecule has 0 N–H and O–H groups in total. The SMILES string of the molecule is CC(C)CCOC(=O)[C@@H]1C[C@@H]2C=C[C@H]1C2. The van der Waals surface area contributed by atoms with Gasteiger partial charge in [0.25, 0.3) is 0 Å². The summed E-state index contributed by atoms with van der Waals surface area (Å²) in [5, 5.41) is 0. The standard InChI is InChI=1S/C13H20O2/c1-9(2)5-6-15-13(14)12-8-10-3-4-11(12)7-10/h3-4,9-12H,5-8H2,1-2H3/t10-,11+,12-/m1/s1. The summed E-state index contributed by atoms with van der Waals surface area (Å²) in [6.07, 6.45) is 7.61. The minimum absolute atomic E-state index is 0.0347. The molecule has 2 rings (SSSR count). The molecule has 15 heavy (non-hydrogen) atoms. The van der Waals surface area contributed by atoms with Crippen molar-refractivity contribution in [1.29, 1.82) is 0 Å². The smallest absolute Gasteiger partial charge is 0.309 e. The van der Waals surface area contributed by atoms with Crippen molar-refractivity contribution in [2.45, 2.75) is 33.1 Å². The van der Waals surface area contributed by atoms with E-state index in [-0.39, 0.29) is 11.9 Å². The molecule has 0 aromatic carbocycles. The third kappa shape index (κ3) is 2.42. The van der Waals surface area contributed by atoms with E-state index in [9.17, 15) is 4.79 Å². The van der Waals surface area contributed by atoms with Crippen LogP contribution in [0.25, 0.3) is 0 Å². The number of hydrogen-bond donors (Lipinski definition) is 0. The first kappa shape index (κ1) is 10.7. The molecule has 0 radical (unpaired) electrons. The number of rotatable bonds is 4. The fourth-order valence-electron chi connectivity index (χ4n) is 2.55. The van der Waals surface area contributed by atoms with Gasteiger partial charge in [-0.15, -0.1) is 0 Å². The van der Waals surface area contributed by atoms with Gasteiger partial charge in [0.2, 0.25) is 0 Å². The lowest BCUT2D eigenvalue weighted by molar-refractivity contribution is -0.149. The highest BCUT2D eigenvalue weighted by Gasteiger charge is 2.40. The van der Waals surface area contributed by atoms with Crippen LogP contribution in [0.5, 0.6) is 0 Å². The summed E-state index contributed by atoms with van der Waals surface area (Å²) in [4.78, 5) is 11.8. The van der Waals surface area contributed by atoms with E-state index in [1.807, 2.05) is 0 Å². The molecule has 0 amide bonds. The molecule has 2 aliphatic carbocycles. The zero-order valence-corrected chi connectivity index (χ0v) is 9.61. The van der Waals surface area contributed by atoms with Crippen molar-refractivity contribution in [2.24, 2.45) is 23.7 Å². The van der Waals surface area contributed by atoms with Gasteiger partial charge in [-0.2, -0.15) is 0 Å².